The second kappa shape index (κ2) is 9.37. The minimum Gasteiger partial charge on any atom is -0.481 e. The number of nitrogens with zero attached hydrogens (tertiary/aromatic N) is 1. The molecule has 3 aromatic carbocycles. The molecule has 6 nitrogen and oxygen atoms in total. The average molecular weight is 484 g/mol. The predicted molar refractivity (Wildman–Crippen MR) is 136 cm³/mol. The number of ether oxygens (including phenoxy) is 1. The first-order valence-electron chi connectivity index (χ1n) is 12.1. The Bertz CT molecular complexity index is 1350. The number of rotatable bonds is 9. The van der Waals surface area contributed by atoms with Gasteiger partial charge in [-0.3, -0.25) is 4.79 Å². The van der Waals surface area contributed by atoms with Gasteiger partial charge in [0, 0.05) is 11.1 Å². The molecule has 1 aliphatic carbocycles. The Kier molecular flexibility index (Phi) is 6.24. The van der Waals surface area contributed by atoms with E-state index in [2.05, 4.69) is 5.16 Å². The molecule has 1 unspecified atom stereocenters. The van der Waals surface area contributed by atoms with Crippen molar-refractivity contribution in [3.8, 4) is 22.5 Å². The molecule has 1 atom stereocenters. The average Bonchev–Trinajstić information content (AvgIpc) is 3.64. The highest BCUT2D eigenvalue weighted by atomic mass is 16.5. The molecule has 0 saturated heterocycles. The topological polar surface area (TPSA) is 92.8 Å². The number of benzene rings is 3. The lowest BCUT2D eigenvalue weighted by atomic mass is 9.93. The van der Waals surface area contributed by atoms with Crippen LogP contribution in [0.5, 0.6) is 0 Å². The number of aliphatic hydroxyl groups is 1. The predicted octanol–water partition coefficient (Wildman–Crippen LogP) is 5.86. The van der Waals surface area contributed by atoms with Crippen molar-refractivity contribution in [2.24, 2.45) is 0 Å². The molecular weight excluding hydrogens is 454 g/mol. The summed E-state index contributed by atoms with van der Waals surface area (Å²) in [6.45, 7) is 4.02. The molecule has 1 aliphatic rings. The highest BCUT2D eigenvalue weighted by molar-refractivity contribution is 5.85. The second-order valence-electron chi connectivity index (χ2n) is 9.75. The van der Waals surface area contributed by atoms with Gasteiger partial charge in [0.25, 0.3) is 0 Å². The third kappa shape index (κ3) is 4.57. The molecule has 0 bridgehead atoms. The first-order valence-corrected chi connectivity index (χ1v) is 12.1. The van der Waals surface area contributed by atoms with E-state index in [9.17, 15) is 15.0 Å². The van der Waals surface area contributed by atoms with Gasteiger partial charge >= 0.3 is 5.97 Å². The fourth-order valence-corrected chi connectivity index (χ4v) is 4.56. The van der Waals surface area contributed by atoms with E-state index in [0.717, 1.165) is 39.1 Å². The molecule has 0 amide bonds. The summed E-state index contributed by atoms with van der Waals surface area (Å²) in [5.74, 6) is -0.101. The van der Waals surface area contributed by atoms with Crippen LogP contribution in [-0.2, 0) is 27.2 Å². The van der Waals surface area contributed by atoms with Gasteiger partial charge in [-0.25, -0.2) is 0 Å². The summed E-state index contributed by atoms with van der Waals surface area (Å²) in [5.41, 5.74) is 4.38. The van der Waals surface area contributed by atoms with Gasteiger partial charge in [0.2, 0.25) is 0 Å². The number of aliphatic carboxylic acids is 1. The lowest BCUT2D eigenvalue weighted by Gasteiger charge is -2.23. The lowest BCUT2D eigenvalue weighted by molar-refractivity contribution is -0.140. The van der Waals surface area contributed by atoms with E-state index in [1.165, 1.54) is 0 Å². The van der Waals surface area contributed by atoms with E-state index in [1.807, 2.05) is 85.8 Å². The van der Waals surface area contributed by atoms with E-state index >= 15 is 0 Å². The Morgan fingerprint density at radius 1 is 0.972 bits per heavy atom. The molecule has 1 fully saturated rings. The first-order chi connectivity index (χ1) is 17.3. The number of hydrogen-bond acceptors (Lipinski definition) is 5. The fourth-order valence-electron chi connectivity index (χ4n) is 4.56. The second-order valence-corrected chi connectivity index (χ2v) is 9.75. The lowest BCUT2D eigenvalue weighted by Crippen LogP contribution is -2.27. The van der Waals surface area contributed by atoms with Crippen LogP contribution in [0.4, 0.5) is 0 Å². The number of aromatic nitrogens is 1. The minimum atomic E-state index is -1.10. The SMILES string of the molecule is Cc1noc(-c2ccc(-c3ccc(C4(C(=O)O)CC4)cc3)cc2)c1COCC(C)(O)c1ccccc1. The van der Waals surface area contributed by atoms with Gasteiger partial charge in [-0.1, -0.05) is 84.0 Å². The molecule has 0 spiro atoms. The van der Waals surface area contributed by atoms with Gasteiger partial charge in [-0.05, 0) is 48.9 Å². The standard InChI is InChI=1S/C30H29NO5/c1-20-26(18-35-19-29(2,34)24-6-4-3-5-7-24)27(36-31-20)23-10-8-21(9-11-23)22-12-14-25(15-13-22)30(16-17-30)28(32)33/h3-15,34H,16-19H2,1-2H3,(H,32,33). The Hall–Kier alpha value is -3.74. The molecule has 0 aliphatic heterocycles. The van der Waals surface area contributed by atoms with Gasteiger partial charge < -0.3 is 19.5 Å². The van der Waals surface area contributed by atoms with E-state index in [1.54, 1.807) is 6.92 Å². The van der Waals surface area contributed by atoms with Crippen LogP contribution in [0.25, 0.3) is 22.5 Å². The van der Waals surface area contributed by atoms with Crippen molar-refractivity contribution in [1.29, 1.82) is 0 Å². The van der Waals surface area contributed by atoms with Crippen LogP contribution in [0.3, 0.4) is 0 Å². The monoisotopic (exact) mass is 483 g/mol. The van der Waals surface area contributed by atoms with Crippen molar-refractivity contribution in [1.82, 2.24) is 5.16 Å². The molecule has 1 saturated carbocycles. The summed E-state index contributed by atoms with van der Waals surface area (Å²) >= 11 is 0. The third-order valence-corrected chi connectivity index (χ3v) is 7.09. The van der Waals surface area contributed by atoms with Crippen LogP contribution in [0.2, 0.25) is 0 Å². The summed E-state index contributed by atoms with van der Waals surface area (Å²) in [7, 11) is 0. The van der Waals surface area contributed by atoms with Crippen molar-refractivity contribution >= 4 is 5.97 Å². The molecule has 1 aromatic heterocycles. The Balaban J connectivity index is 1.28. The molecule has 4 aromatic rings. The normalized spacial score (nSPS) is 15.9. The van der Waals surface area contributed by atoms with Crippen LogP contribution >= 0.6 is 0 Å². The van der Waals surface area contributed by atoms with Crippen molar-refractivity contribution in [2.45, 2.75) is 44.3 Å². The largest absolute Gasteiger partial charge is 0.481 e. The molecule has 1 heterocycles. The molecule has 36 heavy (non-hydrogen) atoms. The number of carboxylic acids is 1. The highest BCUT2D eigenvalue weighted by Gasteiger charge is 2.51. The summed E-state index contributed by atoms with van der Waals surface area (Å²) in [6.07, 6.45) is 1.39. The Labute approximate surface area is 210 Å². The number of hydrogen-bond donors (Lipinski definition) is 2. The van der Waals surface area contributed by atoms with E-state index in [-0.39, 0.29) is 13.2 Å². The Morgan fingerprint density at radius 2 is 1.56 bits per heavy atom. The van der Waals surface area contributed by atoms with Crippen LogP contribution < -0.4 is 0 Å². The van der Waals surface area contributed by atoms with E-state index < -0.39 is 17.0 Å². The third-order valence-electron chi connectivity index (χ3n) is 7.09. The zero-order chi connectivity index (χ0) is 25.3. The van der Waals surface area contributed by atoms with Crippen LogP contribution in [0, 0.1) is 6.92 Å². The molecular formula is C30H29NO5. The number of aryl methyl sites for hydroxylation is 1. The maximum absolute atomic E-state index is 11.6. The van der Waals surface area contributed by atoms with Crippen molar-refractivity contribution in [2.75, 3.05) is 6.61 Å². The van der Waals surface area contributed by atoms with Crippen LogP contribution in [0.15, 0.2) is 83.4 Å². The molecule has 2 N–H and O–H groups in total. The van der Waals surface area contributed by atoms with Gasteiger partial charge in [0.05, 0.1) is 24.3 Å². The molecule has 5 rings (SSSR count). The summed E-state index contributed by atoms with van der Waals surface area (Å²) in [5, 5.41) is 24.5. The molecule has 6 heteroatoms. The molecule has 184 valence electrons. The van der Waals surface area contributed by atoms with Crippen molar-refractivity contribution in [3.63, 3.8) is 0 Å². The van der Waals surface area contributed by atoms with E-state index in [0.29, 0.717) is 18.6 Å². The first kappa shape index (κ1) is 24.0. The summed E-state index contributed by atoms with van der Waals surface area (Å²) in [4.78, 5) is 11.6. The summed E-state index contributed by atoms with van der Waals surface area (Å²) in [6, 6.07) is 25.2. The zero-order valence-corrected chi connectivity index (χ0v) is 20.4. The van der Waals surface area contributed by atoms with E-state index in [4.69, 9.17) is 9.26 Å². The van der Waals surface area contributed by atoms with Gasteiger partial charge in [0.15, 0.2) is 5.76 Å². The number of carboxylic acid groups (broad SMARTS) is 1. The zero-order valence-electron chi connectivity index (χ0n) is 20.4. The minimum absolute atomic E-state index is 0.138. The van der Waals surface area contributed by atoms with Crippen molar-refractivity contribution < 1.29 is 24.3 Å². The maximum Gasteiger partial charge on any atom is 0.314 e. The van der Waals surface area contributed by atoms with Crippen LogP contribution in [0.1, 0.15) is 42.1 Å². The van der Waals surface area contributed by atoms with Gasteiger partial charge in [-0.2, -0.15) is 0 Å². The number of carbonyl (C=O) groups is 1. The maximum atomic E-state index is 11.6. The quantitative estimate of drug-likeness (QED) is 0.310. The van der Waals surface area contributed by atoms with Gasteiger partial charge in [-0.15, -0.1) is 0 Å². The Morgan fingerprint density at radius 3 is 2.14 bits per heavy atom. The van der Waals surface area contributed by atoms with Gasteiger partial charge in [0.1, 0.15) is 5.60 Å². The van der Waals surface area contributed by atoms with Crippen molar-refractivity contribution in [3.05, 3.63) is 101 Å². The highest BCUT2D eigenvalue weighted by Crippen LogP contribution is 2.48. The summed E-state index contributed by atoms with van der Waals surface area (Å²) < 4.78 is 11.5. The molecule has 0 radical (unpaired) electrons. The smallest absolute Gasteiger partial charge is 0.314 e. The fraction of sp³-hybridized carbons (Fsp3) is 0.267. The van der Waals surface area contributed by atoms with Crippen LogP contribution in [-0.4, -0.2) is 27.9 Å².